The van der Waals surface area contributed by atoms with Gasteiger partial charge < -0.3 is 5.73 Å². The highest BCUT2D eigenvalue weighted by molar-refractivity contribution is 5.20. The van der Waals surface area contributed by atoms with Crippen molar-refractivity contribution in [2.45, 2.75) is 57.5 Å². The van der Waals surface area contributed by atoms with Gasteiger partial charge >= 0.3 is 0 Å². The molecule has 1 unspecified atom stereocenters. The predicted octanol–water partition coefficient (Wildman–Crippen LogP) is 3.60. The number of hydrogen-bond donors (Lipinski definition) is 1. The first-order valence-electron chi connectivity index (χ1n) is 8.12. The topological polar surface area (TPSA) is 29.3 Å². The Morgan fingerprint density at radius 2 is 1.86 bits per heavy atom. The molecule has 0 aromatic heterocycles. The maximum absolute atomic E-state index is 14.0. The fraction of sp³-hybridized carbons (Fsp3) is 0.667. The van der Waals surface area contributed by atoms with Gasteiger partial charge in [-0.15, -0.1) is 0 Å². The van der Waals surface area contributed by atoms with Crippen molar-refractivity contribution < 1.29 is 4.39 Å². The normalized spacial score (nSPS) is 25.8. The minimum absolute atomic E-state index is 0.122. The Morgan fingerprint density at radius 1 is 1.24 bits per heavy atom. The van der Waals surface area contributed by atoms with E-state index in [1.807, 2.05) is 12.1 Å². The number of rotatable bonds is 5. The maximum Gasteiger partial charge on any atom is 0.126 e. The number of benzene rings is 1. The Morgan fingerprint density at radius 3 is 2.43 bits per heavy atom. The summed E-state index contributed by atoms with van der Waals surface area (Å²) in [7, 11) is 2.16. The standard InChI is InChI=1S/C18H29FN2/c1-14-8-10-16(11-9-14)21(3)18(2,13-20)12-15-6-4-5-7-17(15)19/h4-7,14,16H,8-13,20H2,1-3H3. The van der Waals surface area contributed by atoms with Crippen molar-refractivity contribution in [3.05, 3.63) is 35.6 Å². The van der Waals surface area contributed by atoms with Gasteiger partial charge in [0.2, 0.25) is 0 Å². The highest BCUT2D eigenvalue weighted by Gasteiger charge is 2.34. The molecule has 0 heterocycles. The van der Waals surface area contributed by atoms with Crippen LogP contribution in [0.4, 0.5) is 4.39 Å². The molecule has 2 N–H and O–H groups in total. The predicted molar refractivity (Wildman–Crippen MR) is 86.7 cm³/mol. The molecule has 0 amide bonds. The van der Waals surface area contributed by atoms with Crippen LogP contribution in [0.3, 0.4) is 0 Å². The molecule has 0 radical (unpaired) electrons. The van der Waals surface area contributed by atoms with Crippen LogP contribution in [0, 0.1) is 11.7 Å². The lowest BCUT2D eigenvalue weighted by Gasteiger charge is -2.45. The third kappa shape index (κ3) is 3.83. The van der Waals surface area contributed by atoms with E-state index in [0.29, 0.717) is 19.0 Å². The number of nitrogens with zero attached hydrogens (tertiary/aromatic N) is 1. The van der Waals surface area contributed by atoms with E-state index in [1.54, 1.807) is 6.07 Å². The van der Waals surface area contributed by atoms with E-state index >= 15 is 0 Å². The number of hydrogen-bond acceptors (Lipinski definition) is 2. The Bertz CT molecular complexity index is 454. The summed E-state index contributed by atoms with van der Waals surface area (Å²) in [5.74, 6) is 0.716. The van der Waals surface area contributed by atoms with Gasteiger partial charge in [0, 0.05) is 18.1 Å². The van der Waals surface area contributed by atoms with Gasteiger partial charge in [-0.2, -0.15) is 0 Å². The molecular weight excluding hydrogens is 263 g/mol. The second-order valence-corrected chi connectivity index (χ2v) is 6.99. The van der Waals surface area contributed by atoms with Crippen molar-refractivity contribution in [2.24, 2.45) is 11.7 Å². The molecule has 2 nitrogen and oxygen atoms in total. The van der Waals surface area contributed by atoms with E-state index in [4.69, 9.17) is 5.73 Å². The second-order valence-electron chi connectivity index (χ2n) is 6.99. The lowest BCUT2D eigenvalue weighted by Crippen LogP contribution is -2.56. The minimum atomic E-state index is -0.187. The van der Waals surface area contributed by atoms with E-state index in [0.717, 1.165) is 11.5 Å². The molecule has 1 saturated carbocycles. The zero-order valence-electron chi connectivity index (χ0n) is 13.6. The zero-order valence-corrected chi connectivity index (χ0v) is 13.6. The fourth-order valence-electron chi connectivity index (χ4n) is 3.46. The molecule has 0 aliphatic heterocycles. The zero-order chi connectivity index (χ0) is 15.5. The van der Waals surface area contributed by atoms with Crippen molar-refractivity contribution in [3.63, 3.8) is 0 Å². The van der Waals surface area contributed by atoms with E-state index in [1.165, 1.54) is 31.7 Å². The molecule has 0 saturated heterocycles. The van der Waals surface area contributed by atoms with Crippen LogP contribution in [0.25, 0.3) is 0 Å². The van der Waals surface area contributed by atoms with E-state index < -0.39 is 0 Å². The van der Waals surface area contributed by atoms with Crippen molar-refractivity contribution >= 4 is 0 Å². The summed E-state index contributed by atoms with van der Waals surface area (Å²) >= 11 is 0. The van der Waals surface area contributed by atoms with Crippen LogP contribution < -0.4 is 5.73 Å². The Kier molecular flexibility index (Phi) is 5.39. The SMILES string of the molecule is CC1CCC(N(C)C(C)(CN)Cc2ccccc2F)CC1. The van der Waals surface area contributed by atoms with Gasteiger partial charge in [0.1, 0.15) is 5.82 Å². The van der Waals surface area contributed by atoms with E-state index in [9.17, 15) is 4.39 Å². The molecule has 0 spiro atoms. The molecule has 3 heteroatoms. The maximum atomic E-state index is 14.0. The van der Waals surface area contributed by atoms with Crippen LogP contribution in [-0.2, 0) is 6.42 Å². The summed E-state index contributed by atoms with van der Waals surface area (Å²) in [5.41, 5.74) is 6.65. The Balaban J connectivity index is 2.11. The summed E-state index contributed by atoms with van der Waals surface area (Å²) in [6.45, 7) is 5.04. The Labute approximate surface area is 128 Å². The summed E-state index contributed by atoms with van der Waals surface area (Å²) < 4.78 is 14.0. The van der Waals surface area contributed by atoms with Gasteiger partial charge in [-0.3, -0.25) is 4.90 Å². The first kappa shape index (κ1) is 16.4. The van der Waals surface area contributed by atoms with Gasteiger partial charge in [-0.25, -0.2) is 4.39 Å². The molecule has 1 aromatic rings. The smallest absolute Gasteiger partial charge is 0.126 e. The average molecular weight is 292 g/mol. The van der Waals surface area contributed by atoms with Crippen LogP contribution in [0.15, 0.2) is 24.3 Å². The van der Waals surface area contributed by atoms with Crippen molar-refractivity contribution in [3.8, 4) is 0 Å². The van der Waals surface area contributed by atoms with Crippen LogP contribution >= 0.6 is 0 Å². The van der Waals surface area contributed by atoms with Gasteiger partial charge in [0.15, 0.2) is 0 Å². The first-order chi connectivity index (χ1) is 9.96. The van der Waals surface area contributed by atoms with Crippen LogP contribution in [-0.4, -0.2) is 30.1 Å². The molecule has 0 bridgehead atoms. The number of nitrogens with two attached hydrogens (primary N) is 1. The molecule has 21 heavy (non-hydrogen) atoms. The summed E-state index contributed by atoms with van der Waals surface area (Å²) in [6, 6.07) is 7.62. The fourth-order valence-corrected chi connectivity index (χ4v) is 3.46. The summed E-state index contributed by atoms with van der Waals surface area (Å²) in [5, 5.41) is 0. The quantitative estimate of drug-likeness (QED) is 0.898. The third-order valence-electron chi connectivity index (χ3n) is 5.35. The molecule has 1 aliphatic carbocycles. The monoisotopic (exact) mass is 292 g/mol. The van der Waals surface area contributed by atoms with E-state index in [2.05, 4.69) is 25.8 Å². The molecule has 1 aliphatic rings. The van der Waals surface area contributed by atoms with Crippen LogP contribution in [0.2, 0.25) is 0 Å². The molecule has 1 fully saturated rings. The highest BCUT2D eigenvalue weighted by Crippen LogP contribution is 2.31. The highest BCUT2D eigenvalue weighted by atomic mass is 19.1. The van der Waals surface area contributed by atoms with Crippen LogP contribution in [0.5, 0.6) is 0 Å². The Hall–Kier alpha value is -0.930. The summed E-state index contributed by atoms with van der Waals surface area (Å²) in [6.07, 6.45) is 5.69. The van der Waals surface area contributed by atoms with Crippen molar-refractivity contribution in [1.29, 1.82) is 0 Å². The minimum Gasteiger partial charge on any atom is -0.329 e. The third-order valence-corrected chi connectivity index (χ3v) is 5.35. The van der Waals surface area contributed by atoms with Crippen molar-refractivity contribution in [1.82, 2.24) is 4.90 Å². The lowest BCUT2D eigenvalue weighted by atomic mass is 9.83. The first-order valence-corrected chi connectivity index (χ1v) is 8.12. The molecular formula is C18H29FN2. The van der Waals surface area contributed by atoms with Gasteiger partial charge in [-0.1, -0.05) is 25.1 Å². The average Bonchev–Trinajstić information content (AvgIpc) is 2.49. The van der Waals surface area contributed by atoms with Crippen molar-refractivity contribution in [2.75, 3.05) is 13.6 Å². The molecule has 1 aromatic carbocycles. The number of halogens is 1. The van der Waals surface area contributed by atoms with Gasteiger partial charge in [0.05, 0.1) is 0 Å². The van der Waals surface area contributed by atoms with Crippen LogP contribution in [0.1, 0.15) is 45.1 Å². The summed E-state index contributed by atoms with van der Waals surface area (Å²) in [4.78, 5) is 2.41. The van der Waals surface area contributed by atoms with Gasteiger partial charge in [-0.05, 0) is 63.6 Å². The number of likely N-dealkylation sites (N-methyl/N-ethyl adjacent to an activating group) is 1. The largest absolute Gasteiger partial charge is 0.329 e. The second kappa shape index (κ2) is 6.89. The lowest BCUT2D eigenvalue weighted by molar-refractivity contribution is 0.0619. The molecule has 118 valence electrons. The van der Waals surface area contributed by atoms with E-state index in [-0.39, 0.29) is 11.4 Å². The van der Waals surface area contributed by atoms with Gasteiger partial charge in [0.25, 0.3) is 0 Å². The molecule has 2 rings (SSSR count). The molecule has 1 atom stereocenters.